The molecule has 2 rings (SSSR count). The Morgan fingerprint density at radius 1 is 1.16 bits per heavy atom. The van der Waals surface area contributed by atoms with E-state index < -0.39 is 11.5 Å². The van der Waals surface area contributed by atoms with Crippen molar-refractivity contribution in [3.05, 3.63) is 65.7 Å². The summed E-state index contributed by atoms with van der Waals surface area (Å²) in [5, 5.41) is 10.4. The van der Waals surface area contributed by atoms with Crippen LogP contribution in [0.3, 0.4) is 0 Å². The molecule has 0 bridgehead atoms. The first-order valence-corrected chi connectivity index (χ1v) is 6.34. The van der Waals surface area contributed by atoms with Crippen molar-refractivity contribution in [3.8, 4) is 0 Å². The average Bonchev–Trinajstić information content (AvgIpc) is 2.40. The van der Waals surface area contributed by atoms with E-state index in [1.807, 2.05) is 32.0 Å². The summed E-state index contributed by atoms with van der Waals surface area (Å²) in [5.41, 5.74) is 1.31. The molecule has 0 radical (unpaired) electrons. The lowest BCUT2D eigenvalue weighted by atomic mass is 9.77. The molecular formula is C16H18FNO. The van der Waals surface area contributed by atoms with E-state index in [1.54, 1.807) is 18.3 Å². The van der Waals surface area contributed by atoms with Crippen LogP contribution >= 0.6 is 0 Å². The van der Waals surface area contributed by atoms with Gasteiger partial charge in [-0.05, 0) is 29.8 Å². The predicted octanol–water partition coefficient (Wildman–Crippen LogP) is 3.10. The van der Waals surface area contributed by atoms with Gasteiger partial charge in [0.2, 0.25) is 0 Å². The molecule has 19 heavy (non-hydrogen) atoms. The lowest BCUT2D eigenvalue weighted by Crippen LogP contribution is -2.35. The maximum Gasteiger partial charge on any atom is 0.123 e. The Balaban J connectivity index is 2.17. The van der Waals surface area contributed by atoms with E-state index in [9.17, 15) is 9.50 Å². The monoisotopic (exact) mass is 259 g/mol. The molecule has 0 aliphatic rings. The number of hydrogen-bond acceptors (Lipinski definition) is 2. The smallest absolute Gasteiger partial charge is 0.123 e. The highest BCUT2D eigenvalue weighted by Crippen LogP contribution is 2.29. The minimum absolute atomic E-state index is 0.265. The van der Waals surface area contributed by atoms with Crippen molar-refractivity contribution in [2.24, 2.45) is 0 Å². The van der Waals surface area contributed by atoms with Crippen LogP contribution in [0.15, 0.2) is 48.7 Å². The molecule has 1 aromatic carbocycles. The van der Waals surface area contributed by atoms with Gasteiger partial charge in [0.25, 0.3) is 0 Å². The molecule has 0 fully saturated rings. The lowest BCUT2D eigenvalue weighted by Gasteiger charge is -2.31. The van der Waals surface area contributed by atoms with Gasteiger partial charge in [-0.2, -0.15) is 0 Å². The molecule has 2 aromatic rings. The fourth-order valence-electron chi connectivity index (χ4n) is 2.04. The second-order valence-electron chi connectivity index (χ2n) is 5.27. The fraction of sp³-hybridized carbons (Fsp3) is 0.312. The van der Waals surface area contributed by atoms with Crippen molar-refractivity contribution in [3.63, 3.8) is 0 Å². The number of benzene rings is 1. The summed E-state index contributed by atoms with van der Waals surface area (Å²) in [5.74, 6) is -0.265. The Morgan fingerprint density at radius 3 is 2.42 bits per heavy atom. The Kier molecular flexibility index (Phi) is 3.96. The van der Waals surface area contributed by atoms with Gasteiger partial charge in [0, 0.05) is 23.7 Å². The van der Waals surface area contributed by atoms with Crippen molar-refractivity contribution in [2.75, 3.05) is 0 Å². The quantitative estimate of drug-likeness (QED) is 0.915. The van der Waals surface area contributed by atoms with Crippen LogP contribution in [0.1, 0.15) is 25.1 Å². The van der Waals surface area contributed by atoms with Gasteiger partial charge in [-0.15, -0.1) is 0 Å². The van der Waals surface area contributed by atoms with Crippen LogP contribution in [0, 0.1) is 5.82 Å². The SMILES string of the molecule is CC(C)(c1ccc(F)cc1)C(O)Cc1ccccn1. The molecule has 1 unspecified atom stereocenters. The predicted molar refractivity (Wildman–Crippen MR) is 73.4 cm³/mol. The van der Waals surface area contributed by atoms with Gasteiger partial charge in [-0.25, -0.2) is 4.39 Å². The molecule has 0 amide bonds. The summed E-state index contributed by atoms with van der Waals surface area (Å²) in [7, 11) is 0. The third-order valence-corrected chi connectivity index (χ3v) is 3.55. The highest BCUT2D eigenvalue weighted by Gasteiger charge is 2.30. The van der Waals surface area contributed by atoms with Crippen LogP contribution in [-0.4, -0.2) is 16.2 Å². The van der Waals surface area contributed by atoms with Crippen LogP contribution in [0.2, 0.25) is 0 Å². The van der Waals surface area contributed by atoms with Crippen LogP contribution < -0.4 is 0 Å². The Morgan fingerprint density at radius 2 is 1.84 bits per heavy atom. The first-order chi connectivity index (χ1) is 9.00. The van der Waals surface area contributed by atoms with E-state index in [0.717, 1.165) is 11.3 Å². The number of pyridine rings is 1. The molecule has 1 N–H and O–H groups in total. The molecule has 0 aliphatic heterocycles. The van der Waals surface area contributed by atoms with Crippen molar-refractivity contribution in [1.82, 2.24) is 4.98 Å². The number of halogens is 1. The van der Waals surface area contributed by atoms with Gasteiger partial charge in [0.05, 0.1) is 6.10 Å². The lowest BCUT2D eigenvalue weighted by molar-refractivity contribution is 0.0990. The average molecular weight is 259 g/mol. The third-order valence-electron chi connectivity index (χ3n) is 3.55. The summed E-state index contributed by atoms with van der Waals surface area (Å²) in [6.07, 6.45) is 1.62. The van der Waals surface area contributed by atoms with Gasteiger partial charge < -0.3 is 5.11 Å². The minimum atomic E-state index is -0.576. The fourth-order valence-corrected chi connectivity index (χ4v) is 2.04. The normalized spacial score (nSPS) is 13.3. The minimum Gasteiger partial charge on any atom is -0.392 e. The highest BCUT2D eigenvalue weighted by molar-refractivity contribution is 5.26. The van der Waals surface area contributed by atoms with E-state index in [0.29, 0.717) is 6.42 Å². The number of rotatable bonds is 4. The van der Waals surface area contributed by atoms with Gasteiger partial charge in [0.1, 0.15) is 5.82 Å². The Bertz CT molecular complexity index is 522. The second kappa shape index (κ2) is 5.49. The zero-order valence-corrected chi connectivity index (χ0v) is 11.2. The summed E-state index contributed by atoms with van der Waals surface area (Å²) in [4.78, 5) is 4.22. The molecule has 1 aromatic heterocycles. The molecule has 1 atom stereocenters. The summed E-state index contributed by atoms with van der Waals surface area (Å²) < 4.78 is 13.0. The highest BCUT2D eigenvalue weighted by atomic mass is 19.1. The van der Waals surface area contributed by atoms with Crippen molar-refractivity contribution < 1.29 is 9.50 Å². The summed E-state index contributed by atoms with van der Waals surface area (Å²) in [6.45, 7) is 3.90. The summed E-state index contributed by atoms with van der Waals surface area (Å²) in [6, 6.07) is 11.9. The van der Waals surface area contributed by atoms with Crippen molar-refractivity contribution in [1.29, 1.82) is 0 Å². The standard InChI is InChI=1S/C16H18FNO/c1-16(2,12-6-8-13(17)9-7-12)15(19)11-14-5-3-4-10-18-14/h3-10,15,19H,11H2,1-2H3. The molecule has 0 aliphatic carbocycles. The zero-order valence-electron chi connectivity index (χ0n) is 11.2. The topological polar surface area (TPSA) is 33.1 Å². The van der Waals surface area contributed by atoms with E-state index in [1.165, 1.54) is 12.1 Å². The number of aromatic nitrogens is 1. The van der Waals surface area contributed by atoms with Crippen LogP contribution in [-0.2, 0) is 11.8 Å². The number of aliphatic hydroxyl groups excluding tert-OH is 1. The first kappa shape index (κ1) is 13.7. The van der Waals surface area contributed by atoms with E-state index >= 15 is 0 Å². The van der Waals surface area contributed by atoms with E-state index in [2.05, 4.69) is 4.98 Å². The molecule has 2 nitrogen and oxygen atoms in total. The summed E-state index contributed by atoms with van der Waals surface area (Å²) >= 11 is 0. The molecule has 0 saturated carbocycles. The maximum atomic E-state index is 13.0. The molecule has 100 valence electrons. The van der Waals surface area contributed by atoms with Crippen molar-refractivity contribution in [2.45, 2.75) is 31.8 Å². The van der Waals surface area contributed by atoms with Gasteiger partial charge in [-0.3, -0.25) is 4.98 Å². The second-order valence-corrected chi connectivity index (χ2v) is 5.27. The Hall–Kier alpha value is -1.74. The van der Waals surface area contributed by atoms with E-state index in [-0.39, 0.29) is 5.82 Å². The maximum absolute atomic E-state index is 13.0. The van der Waals surface area contributed by atoms with Crippen molar-refractivity contribution >= 4 is 0 Å². The number of nitrogens with zero attached hydrogens (tertiary/aromatic N) is 1. The molecule has 0 saturated heterocycles. The van der Waals surface area contributed by atoms with E-state index in [4.69, 9.17) is 0 Å². The van der Waals surface area contributed by atoms with Crippen LogP contribution in [0.5, 0.6) is 0 Å². The van der Waals surface area contributed by atoms with Gasteiger partial charge >= 0.3 is 0 Å². The number of aliphatic hydroxyl groups is 1. The molecule has 3 heteroatoms. The third kappa shape index (κ3) is 3.18. The van der Waals surface area contributed by atoms with Crippen LogP contribution in [0.25, 0.3) is 0 Å². The van der Waals surface area contributed by atoms with Gasteiger partial charge in [-0.1, -0.05) is 32.0 Å². The number of hydrogen-bond donors (Lipinski definition) is 1. The molecule has 0 spiro atoms. The first-order valence-electron chi connectivity index (χ1n) is 6.34. The van der Waals surface area contributed by atoms with Gasteiger partial charge in [0.15, 0.2) is 0 Å². The Labute approximate surface area is 112 Å². The zero-order chi connectivity index (χ0) is 13.9. The molecular weight excluding hydrogens is 241 g/mol. The van der Waals surface area contributed by atoms with Crippen LogP contribution in [0.4, 0.5) is 4.39 Å². The molecule has 1 heterocycles. The largest absolute Gasteiger partial charge is 0.392 e.